The lowest BCUT2D eigenvalue weighted by Crippen LogP contribution is -2.36. The van der Waals surface area contributed by atoms with Gasteiger partial charge in [-0.3, -0.25) is 9.67 Å². The van der Waals surface area contributed by atoms with E-state index in [2.05, 4.69) is 10.1 Å². The molecular weight excluding hydrogens is 238 g/mol. The van der Waals surface area contributed by atoms with Gasteiger partial charge in [0.2, 0.25) is 0 Å². The van der Waals surface area contributed by atoms with Gasteiger partial charge in [-0.25, -0.2) is 0 Å². The van der Waals surface area contributed by atoms with Crippen molar-refractivity contribution in [2.75, 3.05) is 0 Å². The second kappa shape index (κ2) is 5.13. The SMILES string of the molecule is OC1(Cn2nccc2-c2ccncc2)CCCCC1. The normalized spacial score (nSPS) is 18.4. The van der Waals surface area contributed by atoms with E-state index in [0.29, 0.717) is 6.54 Å². The van der Waals surface area contributed by atoms with E-state index in [1.807, 2.05) is 22.9 Å². The van der Waals surface area contributed by atoms with Crippen molar-refractivity contribution in [2.45, 2.75) is 44.2 Å². The average Bonchev–Trinajstić information content (AvgIpc) is 2.88. The lowest BCUT2D eigenvalue weighted by atomic mass is 9.85. The largest absolute Gasteiger partial charge is 0.388 e. The third-order valence-electron chi connectivity index (χ3n) is 3.92. The second-order valence-corrected chi connectivity index (χ2v) is 5.39. The molecule has 1 aliphatic rings. The van der Waals surface area contributed by atoms with Crippen LogP contribution >= 0.6 is 0 Å². The molecule has 2 aromatic heterocycles. The number of aliphatic hydroxyl groups is 1. The summed E-state index contributed by atoms with van der Waals surface area (Å²) in [6, 6.07) is 5.93. The molecule has 0 radical (unpaired) electrons. The molecule has 0 amide bonds. The summed E-state index contributed by atoms with van der Waals surface area (Å²) in [4.78, 5) is 4.04. The minimum atomic E-state index is -0.591. The molecule has 2 heterocycles. The Morgan fingerprint density at radius 2 is 1.79 bits per heavy atom. The maximum atomic E-state index is 10.6. The monoisotopic (exact) mass is 257 g/mol. The molecule has 0 aromatic carbocycles. The highest BCUT2D eigenvalue weighted by molar-refractivity contribution is 5.58. The van der Waals surface area contributed by atoms with Crippen molar-refractivity contribution >= 4 is 0 Å². The first-order chi connectivity index (χ1) is 9.27. The van der Waals surface area contributed by atoms with Gasteiger partial charge in [-0.1, -0.05) is 19.3 Å². The van der Waals surface area contributed by atoms with Gasteiger partial charge >= 0.3 is 0 Å². The molecule has 0 aliphatic heterocycles. The van der Waals surface area contributed by atoms with Gasteiger partial charge in [0.15, 0.2) is 0 Å². The van der Waals surface area contributed by atoms with Gasteiger partial charge in [-0.05, 0) is 31.0 Å². The summed E-state index contributed by atoms with van der Waals surface area (Å²) in [5.74, 6) is 0. The first kappa shape index (κ1) is 12.4. The van der Waals surface area contributed by atoms with Gasteiger partial charge in [-0.15, -0.1) is 0 Å². The second-order valence-electron chi connectivity index (χ2n) is 5.39. The first-order valence-electron chi connectivity index (χ1n) is 6.91. The number of hydrogen-bond acceptors (Lipinski definition) is 3. The molecule has 4 heteroatoms. The Hall–Kier alpha value is -1.68. The topological polar surface area (TPSA) is 50.9 Å². The molecule has 4 nitrogen and oxygen atoms in total. The zero-order chi connectivity index (χ0) is 13.1. The van der Waals surface area contributed by atoms with Gasteiger partial charge in [0, 0.05) is 24.2 Å². The number of nitrogens with zero attached hydrogens (tertiary/aromatic N) is 3. The molecular formula is C15H19N3O. The fraction of sp³-hybridized carbons (Fsp3) is 0.467. The average molecular weight is 257 g/mol. The van der Waals surface area contributed by atoms with Crippen molar-refractivity contribution in [3.05, 3.63) is 36.8 Å². The van der Waals surface area contributed by atoms with Crippen LogP contribution < -0.4 is 0 Å². The summed E-state index contributed by atoms with van der Waals surface area (Å²) in [7, 11) is 0. The quantitative estimate of drug-likeness (QED) is 0.919. The Labute approximate surface area is 113 Å². The molecule has 0 unspecified atom stereocenters. The summed E-state index contributed by atoms with van der Waals surface area (Å²) in [5.41, 5.74) is 1.54. The van der Waals surface area contributed by atoms with Crippen molar-refractivity contribution in [2.24, 2.45) is 0 Å². The molecule has 2 aromatic rings. The van der Waals surface area contributed by atoms with Gasteiger partial charge in [-0.2, -0.15) is 5.10 Å². The molecule has 100 valence electrons. The van der Waals surface area contributed by atoms with Crippen LogP contribution in [0.5, 0.6) is 0 Å². The number of pyridine rings is 1. The van der Waals surface area contributed by atoms with E-state index in [1.54, 1.807) is 18.6 Å². The van der Waals surface area contributed by atoms with E-state index in [9.17, 15) is 5.11 Å². The minimum Gasteiger partial charge on any atom is -0.388 e. The van der Waals surface area contributed by atoms with E-state index in [-0.39, 0.29) is 0 Å². The van der Waals surface area contributed by atoms with Crippen LogP contribution in [0, 0.1) is 0 Å². The highest BCUT2D eigenvalue weighted by atomic mass is 16.3. The molecule has 1 N–H and O–H groups in total. The fourth-order valence-corrected chi connectivity index (χ4v) is 2.87. The highest BCUT2D eigenvalue weighted by Gasteiger charge is 2.30. The Kier molecular flexibility index (Phi) is 3.34. The van der Waals surface area contributed by atoms with Gasteiger partial charge in [0.25, 0.3) is 0 Å². The summed E-state index contributed by atoms with van der Waals surface area (Å²) in [6.07, 6.45) is 10.6. The molecule has 0 bridgehead atoms. The van der Waals surface area contributed by atoms with Crippen LogP contribution in [0.3, 0.4) is 0 Å². The minimum absolute atomic E-state index is 0.581. The van der Waals surface area contributed by atoms with E-state index in [4.69, 9.17) is 0 Å². The van der Waals surface area contributed by atoms with Crippen molar-refractivity contribution in [3.63, 3.8) is 0 Å². The maximum absolute atomic E-state index is 10.6. The van der Waals surface area contributed by atoms with Crippen molar-refractivity contribution in [3.8, 4) is 11.3 Å². The van der Waals surface area contributed by atoms with Gasteiger partial charge in [0.05, 0.1) is 17.8 Å². The zero-order valence-electron chi connectivity index (χ0n) is 11.0. The lowest BCUT2D eigenvalue weighted by molar-refractivity contribution is -0.0138. The molecule has 0 spiro atoms. The number of rotatable bonds is 3. The predicted octanol–water partition coefficient (Wildman–Crippen LogP) is 2.64. The molecule has 1 fully saturated rings. The van der Waals surface area contributed by atoms with Gasteiger partial charge < -0.3 is 5.11 Å². The molecule has 1 aliphatic carbocycles. The highest BCUT2D eigenvalue weighted by Crippen LogP contribution is 2.30. The van der Waals surface area contributed by atoms with Crippen LogP contribution in [0.25, 0.3) is 11.3 Å². The van der Waals surface area contributed by atoms with Crippen LogP contribution in [0.4, 0.5) is 0 Å². The lowest BCUT2D eigenvalue weighted by Gasteiger charge is -2.32. The van der Waals surface area contributed by atoms with E-state index >= 15 is 0 Å². The molecule has 3 rings (SSSR count). The van der Waals surface area contributed by atoms with Crippen LogP contribution in [0.1, 0.15) is 32.1 Å². The first-order valence-corrected chi connectivity index (χ1v) is 6.91. The van der Waals surface area contributed by atoms with Crippen LogP contribution in [0.2, 0.25) is 0 Å². The Balaban J connectivity index is 1.84. The predicted molar refractivity (Wildman–Crippen MR) is 73.5 cm³/mol. The third kappa shape index (κ3) is 2.68. The molecule has 1 saturated carbocycles. The number of hydrogen-bond donors (Lipinski definition) is 1. The third-order valence-corrected chi connectivity index (χ3v) is 3.92. The van der Waals surface area contributed by atoms with Crippen molar-refractivity contribution in [1.82, 2.24) is 14.8 Å². The van der Waals surface area contributed by atoms with Crippen molar-refractivity contribution in [1.29, 1.82) is 0 Å². The summed E-state index contributed by atoms with van der Waals surface area (Å²) >= 11 is 0. The molecule has 19 heavy (non-hydrogen) atoms. The maximum Gasteiger partial charge on any atom is 0.0843 e. The Morgan fingerprint density at radius 1 is 1.05 bits per heavy atom. The van der Waals surface area contributed by atoms with E-state index < -0.39 is 5.60 Å². The summed E-state index contributed by atoms with van der Waals surface area (Å²) in [5, 5.41) is 15.0. The van der Waals surface area contributed by atoms with Crippen LogP contribution in [-0.4, -0.2) is 25.5 Å². The standard InChI is InChI=1S/C15H19N3O/c19-15(7-2-1-3-8-15)12-18-14(6-11-17-18)13-4-9-16-10-5-13/h4-6,9-11,19H,1-3,7-8,12H2. The van der Waals surface area contributed by atoms with Gasteiger partial charge in [0.1, 0.15) is 0 Å². The molecule has 0 atom stereocenters. The van der Waals surface area contributed by atoms with Crippen molar-refractivity contribution < 1.29 is 5.11 Å². The van der Waals surface area contributed by atoms with E-state index in [0.717, 1.165) is 36.9 Å². The van der Waals surface area contributed by atoms with E-state index in [1.165, 1.54) is 6.42 Å². The summed E-state index contributed by atoms with van der Waals surface area (Å²) < 4.78 is 1.92. The smallest absolute Gasteiger partial charge is 0.0843 e. The summed E-state index contributed by atoms with van der Waals surface area (Å²) in [6.45, 7) is 0.581. The Morgan fingerprint density at radius 3 is 2.53 bits per heavy atom. The molecule has 0 saturated heterocycles. The zero-order valence-corrected chi connectivity index (χ0v) is 11.0. The Bertz CT molecular complexity index is 529. The van der Waals surface area contributed by atoms with Crippen LogP contribution in [-0.2, 0) is 6.54 Å². The van der Waals surface area contributed by atoms with Crippen LogP contribution in [0.15, 0.2) is 36.8 Å². The fourth-order valence-electron chi connectivity index (χ4n) is 2.87. The number of aromatic nitrogens is 3.